The molecule has 0 radical (unpaired) electrons. The predicted molar refractivity (Wildman–Crippen MR) is 82.6 cm³/mol. The van der Waals surface area contributed by atoms with Crippen LogP contribution in [0.1, 0.15) is 0 Å². The number of rotatable bonds is 4. The van der Waals surface area contributed by atoms with Crippen molar-refractivity contribution in [1.82, 2.24) is 9.97 Å². The Hall–Kier alpha value is -2.25. The number of pyridine rings is 1. The molecule has 0 aliphatic carbocycles. The van der Waals surface area contributed by atoms with Crippen molar-refractivity contribution in [2.24, 2.45) is 0 Å². The third-order valence-corrected chi connectivity index (χ3v) is 4.57. The summed E-state index contributed by atoms with van der Waals surface area (Å²) in [6.45, 7) is 0. The lowest BCUT2D eigenvalue weighted by Crippen LogP contribution is -1.89. The largest absolute Gasteiger partial charge is 0.287 e. The van der Waals surface area contributed by atoms with Gasteiger partial charge in [0.25, 0.3) is 5.69 Å². The molecule has 0 unspecified atom stereocenters. The number of hydrogen-bond acceptors (Lipinski definition) is 6. The first-order chi connectivity index (χ1) is 10.2. The van der Waals surface area contributed by atoms with Crippen molar-refractivity contribution >= 4 is 28.8 Å². The first-order valence-corrected chi connectivity index (χ1v) is 7.71. The van der Waals surface area contributed by atoms with Crippen LogP contribution in [0, 0.1) is 10.1 Å². The minimum atomic E-state index is -0.460. The molecule has 104 valence electrons. The fraction of sp³-hybridized carbons (Fsp3) is 0. The average Bonchev–Trinajstić information content (AvgIpc) is 2.97. The third kappa shape index (κ3) is 3.26. The quantitative estimate of drug-likeness (QED) is 0.531. The van der Waals surface area contributed by atoms with Gasteiger partial charge in [-0.2, -0.15) is 0 Å². The Morgan fingerprint density at radius 2 is 1.95 bits per heavy atom. The molecule has 3 rings (SSSR count). The maximum Gasteiger partial charge on any atom is 0.287 e. The van der Waals surface area contributed by atoms with E-state index in [4.69, 9.17) is 0 Å². The summed E-state index contributed by atoms with van der Waals surface area (Å²) < 4.78 is 0.857. The molecule has 0 aliphatic rings. The molecule has 0 fully saturated rings. The Morgan fingerprint density at radius 1 is 1.14 bits per heavy atom. The van der Waals surface area contributed by atoms with Gasteiger partial charge in [0.15, 0.2) is 4.34 Å². The Labute approximate surface area is 128 Å². The van der Waals surface area contributed by atoms with Crippen molar-refractivity contribution in [1.29, 1.82) is 0 Å². The summed E-state index contributed by atoms with van der Waals surface area (Å²) in [6, 6.07) is 13.0. The lowest BCUT2D eigenvalue weighted by molar-refractivity contribution is -0.385. The van der Waals surface area contributed by atoms with E-state index in [2.05, 4.69) is 9.97 Å². The Balaban J connectivity index is 1.77. The number of benzene rings is 1. The molecule has 0 amide bonds. The SMILES string of the molecule is O=[N+]([O-])c1ccc(Sc2nc(-c3ccccc3)cs2)nc1. The summed E-state index contributed by atoms with van der Waals surface area (Å²) in [5, 5.41) is 13.3. The van der Waals surface area contributed by atoms with Crippen LogP contribution in [0.25, 0.3) is 11.3 Å². The van der Waals surface area contributed by atoms with E-state index in [0.29, 0.717) is 5.03 Å². The average molecular weight is 315 g/mol. The smallest absolute Gasteiger partial charge is 0.258 e. The predicted octanol–water partition coefficient (Wildman–Crippen LogP) is 4.26. The Bertz CT molecular complexity index is 757. The molecule has 0 saturated carbocycles. The monoisotopic (exact) mass is 315 g/mol. The molecule has 0 N–H and O–H groups in total. The third-order valence-electron chi connectivity index (χ3n) is 2.68. The van der Waals surface area contributed by atoms with Crippen LogP contribution in [0.4, 0.5) is 5.69 Å². The first-order valence-electron chi connectivity index (χ1n) is 6.01. The van der Waals surface area contributed by atoms with Gasteiger partial charge >= 0.3 is 0 Å². The highest BCUT2D eigenvalue weighted by Gasteiger charge is 2.09. The fourth-order valence-electron chi connectivity index (χ4n) is 1.68. The number of hydrogen-bond donors (Lipinski definition) is 0. The molecular formula is C14H9N3O2S2. The summed E-state index contributed by atoms with van der Waals surface area (Å²) in [5.41, 5.74) is 1.98. The van der Waals surface area contributed by atoms with Gasteiger partial charge in [0, 0.05) is 17.0 Å². The van der Waals surface area contributed by atoms with Gasteiger partial charge in [-0.25, -0.2) is 9.97 Å². The van der Waals surface area contributed by atoms with Gasteiger partial charge < -0.3 is 0 Å². The van der Waals surface area contributed by atoms with Gasteiger partial charge in [-0.05, 0) is 17.8 Å². The topological polar surface area (TPSA) is 68.9 Å². The standard InChI is InChI=1S/C14H9N3O2S2/c18-17(19)11-6-7-13(15-8-11)21-14-16-12(9-20-14)10-4-2-1-3-5-10/h1-9H. The zero-order valence-corrected chi connectivity index (χ0v) is 12.3. The molecule has 0 atom stereocenters. The Kier molecular flexibility index (Phi) is 3.94. The highest BCUT2D eigenvalue weighted by atomic mass is 32.2. The lowest BCUT2D eigenvalue weighted by atomic mass is 10.2. The fourth-order valence-corrected chi connectivity index (χ4v) is 3.39. The minimum absolute atomic E-state index is 0.0107. The number of nitro groups is 1. The summed E-state index contributed by atoms with van der Waals surface area (Å²) >= 11 is 2.92. The van der Waals surface area contributed by atoms with Gasteiger partial charge in [-0.1, -0.05) is 30.3 Å². The van der Waals surface area contributed by atoms with E-state index in [9.17, 15) is 10.1 Å². The second kappa shape index (κ2) is 6.02. The van der Waals surface area contributed by atoms with Gasteiger partial charge in [-0.15, -0.1) is 11.3 Å². The van der Waals surface area contributed by atoms with Gasteiger partial charge in [0.1, 0.15) is 11.2 Å². The van der Waals surface area contributed by atoms with Crippen LogP contribution >= 0.6 is 23.1 Å². The molecule has 2 aromatic heterocycles. The van der Waals surface area contributed by atoms with Crippen LogP contribution in [0.3, 0.4) is 0 Å². The second-order valence-corrected chi connectivity index (χ2v) is 6.20. The van der Waals surface area contributed by atoms with E-state index >= 15 is 0 Å². The van der Waals surface area contributed by atoms with Gasteiger partial charge in [0.05, 0.1) is 10.6 Å². The summed E-state index contributed by atoms with van der Waals surface area (Å²) in [6.07, 6.45) is 1.26. The number of nitrogens with zero attached hydrogens (tertiary/aromatic N) is 3. The summed E-state index contributed by atoms with van der Waals surface area (Å²) in [7, 11) is 0. The van der Waals surface area contributed by atoms with E-state index in [-0.39, 0.29) is 5.69 Å². The van der Waals surface area contributed by atoms with E-state index < -0.39 is 4.92 Å². The molecule has 21 heavy (non-hydrogen) atoms. The molecule has 7 heteroatoms. The molecule has 0 spiro atoms. The van der Waals surface area contributed by atoms with E-state index in [1.807, 2.05) is 35.7 Å². The van der Waals surface area contributed by atoms with Crippen LogP contribution < -0.4 is 0 Å². The normalized spacial score (nSPS) is 10.5. The van der Waals surface area contributed by atoms with Crippen molar-refractivity contribution in [2.75, 3.05) is 0 Å². The first kappa shape index (κ1) is 13.7. The highest BCUT2D eigenvalue weighted by molar-refractivity contribution is 8.01. The van der Waals surface area contributed by atoms with Crippen LogP contribution in [0.2, 0.25) is 0 Å². The Morgan fingerprint density at radius 3 is 2.62 bits per heavy atom. The van der Waals surface area contributed by atoms with Crippen molar-refractivity contribution < 1.29 is 4.92 Å². The molecule has 0 saturated heterocycles. The van der Waals surface area contributed by atoms with Crippen LogP contribution in [-0.2, 0) is 0 Å². The van der Waals surface area contributed by atoms with Crippen molar-refractivity contribution in [3.63, 3.8) is 0 Å². The zero-order chi connectivity index (χ0) is 14.7. The maximum atomic E-state index is 10.6. The molecule has 2 heterocycles. The van der Waals surface area contributed by atoms with Gasteiger partial charge in [-0.3, -0.25) is 10.1 Å². The van der Waals surface area contributed by atoms with E-state index in [0.717, 1.165) is 15.6 Å². The molecule has 0 aliphatic heterocycles. The molecule has 1 aromatic carbocycles. The molecule has 5 nitrogen and oxygen atoms in total. The molecular weight excluding hydrogens is 306 g/mol. The van der Waals surface area contributed by atoms with Crippen molar-refractivity contribution in [3.05, 3.63) is 64.2 Å². The maximum absolute atomic E-state index is 10.6. The van der Waals surface area contributed by atoms with Crippen LogP contribution in [0.5, 0.6) is 0 Å². The van der Waals surface area contributed by atoms with Crippen molar-refractivity contribution in [2.45, 2.75) is 9.37 Å². The lowest BCUT2D eigenvalue weighted by Gasteiger charge is -1.96. The second-order valence-electron chi connectivity index (χ2n) is 4.08. The molecule has 0 bridgehead atoms. The van der Waals surface area contributed by atoms with E-state index in [1.165, 1.54) is 35.4 Å². The minimum Gasteiger partial charge on any atom is -0.258 e. The highest BCUT2D eigenvalue weighted by Crippen LogP contribution is 2.32. The van der Waals surface area contributed by atoms with Crippen LogP contribution in [0.15, 0.2) is 63.4 Å². The van der Waals surface area contributed by atoms with Crippen LogP contribution in [-0.4, -0.2) is 14.9 Å². The number of thiazole rings is 1. The molecule has 3 aromatic rings. The number of aromatic nitrogens is 2. The summed E-state index contributed by atoms with van der Waals surface area (Å²) in [5.74, 6) is 0. The van der Waals surface area contributed by atoms with E-state index in [1.54, 1.807) is 6.07 Å². The van der Waals surface area contributed by atoms with Gasteiger partial charge in [0.2, 0.25) is 0 Å². The zero-order valence-electron chi connectivity index (χ0n) is 10.7. The van der Waals surface area contributed by atoms with Crippen molar-refractivity contribution in [3.8, 4) is 11.3 Å². The summed E-state index contributed by atoms with van der Waals surface area (Å²) in [4.78, 5) is 18.7.